The lowest BCUT2D eigenvalue weighted by Crippen LogP contribution is -2.21. The Hall–Kier alpha value is -1.12. The average Bonchev–Trinajstić information content (AvgIpc) is 2.16. The van der Waals surface area contributed by atoms with Crippen molar-refractivity contribution in [2.45, 2.75) is 6.04 Å². The highest BCUT2D eigenvalue weighted by molar-refractivity contribution is 5.52. The van der Waals surface area contributed by atoms with E-state index in [1.165, 1.54) is 0 Å². The molecule has 0 bridgehead atoms. The van der Waals surface area contributed by atoms with Crippen molar-refractivity contribution < 1.29 is 0 Å². The van der Waals surface area contributed by atoms with E-state index in [4.69, 9.17) is 11.5 Å². The van der Waals surface area contributed by atoms with Crippen molar-refractivity contribution in [3.63, 3.8) is 0 Å². The van der Waals surface area contributed by atoms with Crippen LogP contribution in [0.3, 0.4) is 0 Å². The maximum atomic E-state index is 5.80. The largest absolute Gasteiger partial charge is 0.329 e. The molecular weight excluding hydrogens is 148 g/mol. The summed E-state index contributed by atoms with van der Waals surface area (Å²) < 4.78 is 0. The maximum absolute atomic E-state index is 5.80. The molecule has 0 aliphatic rings. The molecule has 2 heteroatoms. The van der Waals surface area contributed by atoms with Gasteiger partial charge in [0.1, 0.15) is 0 Å². The van der Waals surface area contributed by atoms with Crippen molar-refractivity contribution in [1.82, 2.24) is 0 Å². The second-order valence-corrected chi connectivity index (χ2v) is 2.68. The summed E-state index contributed by atoms with van der Waals surface area (Å²) in [7, 11) is 0. The summed E-state index contributed by atoms with van der Waals surface area (Å²) in [5.41, 5.74) is 13.4. The Morgan fingerprint density at radius 1 is 1.42 bits per heavy atom. The van der Waals surface area contributed by atoms with E-state index < -0.39 is 0 Å². The van der Waals surface area contributed by atoms with Crippen LogP contribution in [0.1, 0.15) is 17.2 Å². The van der Waals surface area contributed by atoms with E-state index in [1.807, 2.05) is 24.3 Å². The molecular formula is C10H14N2. The highest BCUT2D eigenvalue weighted by atomic mass is 14.7. The van der Waals surface area contributed by atoms with Crippen LogP contribution >= 0.6 is 0 Å². The fourth-order valence-electron chi connectivity index (χ4n) is 1.16. The lowest BCUT2D eigenvalue weighted by atomic mass is 10.0. The van der Waals surface area contributed by atoms with Crippen LogP contribution < -0.4 is 11.5 Å². The SMILES string of the molecule is C=Cc1ccccc1C(N)CN. The van der Waals surface area contributed by atoms with Gasteiger partial charge >= 0.3 is 0 Å². The standard InChI is InChI=1S/C10H14N2/c1-2-8-5-3-4-6-9(8)10(12)7-11/h2-6,10H,1,7,11-12H2. The van der Waals surface area contributed by atoms with Gasteiger partial charge in [0.05, 0.1) is 0 Å². The van der Waals surface area contributed by atoms with Crippen LogP contribution in [0, 0.1) is 0 Å². The first kappa shape index (κ1) is 8.97. The van der Waals surface area contributed by atoms with E-state index >= 15 is 0 Å². The Morgan fingerprint density at radius 2 is 2.08 bits per heavy atom. The monoisotopic (exact) mass is 162 g/mol. The van der Waals surface area contributed by atoms with Gasteiger partial charge in [0, 0.05) is 12.6 Å². The minimum absolute atomic E-state index is 0.0841. The Balaban J connectivity index is 3.04. The molecule has 2 nitrogen and oxygen atoms in total. The molecule has 1 aromatic rings. The molecule has 4 N–H and O–H groups in total. The Bertz CT molecular complexity index is 268. The van der Waals surface area contributed by atoms with E-state index in [0.29, 0.717) is 6.54 Å². The molecule has 64 valence electrons. The lowest BCUT2D eigenvalue weighted by molar-refractivity contribution is 0.735. The van der Waals surface area contributed by atoms with Gasteiger partial charge in [0.2, 0.25) is 0 Å². The molecule has 1 unspecified atom stereocenters. The van der Waals surface area contributed by atoms with E-state index in [9.17, 15) is 0 Å². The first-order chi connectivity index (χ1) is 5.79. The molecule has 0 amide bonds. The zero-order valence-electron chi connectivity index (χ0n) is 7.03. The third-order valence-electron chi connectivity index (χ3n) is 1.87. The molecule has 0 aromatic heterocycles. The van der Waals surface area contributed by atoms with Crippen molar-refractivity contribution in [2.75, 3.05) is 6.54 Å². The second-order valence-electron chi connectivity index (χ2n) is 2.68. The van der Waals surface area contributed by atoms with Crippen LogP contribution in [0.4, 0.5) is 0 Å². The van der Waals surface area contributed by atoms with E-state index in [-0.39, 0.29) is 6.04 Å². The maximum Gasteiger partial charge on any atom is 0.0425 e. The lowest BCUT2D eigenvalue weighted by Gasteiger charge is -2.11. The van der Waals surface area contributed by atoms with Crippen molar-refractivity contribution >= 4 is 6.08 Å². The molecule has 1 rings (SSSR count). The molecule has 0 fully saturated rings. The Kier molecular flexibility index (Phi) is 3.02. The topological polar surface area (TPSA) is 52.0 Å². The number of hydrogen-bond donors (Lipinski definition) is 2. The molecule has 0 spiro atoms. The number of benzene rings is 1. The van der Waals surface area contributed by atoms with Crippen molar-refractivity contribution in [2.24, 2.45) is 11.5 Å². The number of hydrogen-bond acceptors (Lipinski definition) is 2. The Labute approximate surface area is 72.9 Å². The second kappa shape index (κ2) is 4.04. The summed E-state index contributed by atoms with van der Waals surface area (Å²) in [6.07, 6.45) is 1.80. The summed E-state index contributed by atoms with van der Waals surface area (Å²) in [5, 5.41) is 0. The van der Waals surface area contributed by atoms with Crippen LogP contribution in [0.5, 0.6) is 0 Å². The van der Waals surface area contributed by atoms with Gasteiger partial charge in [-0.15, -0.1) is 0 Å². The summed E-state index contributed by atoms with van der Waals surface area (Å²) in [6.45, 7) is 4.18. The normalized spacial score (nSPS) is 12.5. The predicted octanol–water partition coefficient (Wildman–Crippen LogP) is 1.29. The minimum atomic E-state index is -0.0841. The summed E-state index contributed by atoms with van der Waals surface area (Å²) in [4.78, 5) is 0. The van der Waals surface area contributed by atoms with Gasteiger partial charge in [-0.1, -0.05) is 36.9 Å². The molecule has 0 heterocycles. The van der Waals surface area contributed by atoms with Gasteiger partial charge in [0.15, 0.2) is 0 Å². The molecule has 1 aromatic carbocycles. The van der Waals surface area contributed by atoms with E-state index in [0.717, 1.165) is 11.1 Å². The van der Waals surface area contributed by atoms with Gasteiger partial charge in [0.25, 0.3) is 0 Å². The quantitative estimate of drug-likeness (QED) is 0.703. The molecule has 0 aliphatic heterocycles. The predicted molar refractivity (Wildman–Crippen MR) is 52.5 cm³/mol. The number of nitrogens with two attached hydrogens (primary N) is 2. The van der Waals surface area contributed by atoms with Crippen molar-refractivity contribution in [1.29, 1.82) is 0 Å². The third-order valence-corrected chi connectivity index (χ3v) is 1.87. The molecule has 0 radical (unpaired) electrons. The van der Waals surface area contributed by atoms with Crippen molar-refractivity contribution in [3.8, 4) is 0 Å². The Morgan fingerprint density at radius 3 is 2.67 bits per heavy atom. The highest BCUT2D eigenvalue weighted by Crippen LogP contribution is 2.15. The molecule has 0 aliphatic carbocycles. The van der Waals surface area contributed by atoms with Gasteiger partial charge in [-0.2, -0.15) is 0 Å². The molecule has 1 atom stereocenters. The van der Waals surface area contributed by atoms with Crippen molar-refractivity contribution in [3.05, 3.63) is 42.0 Å². The fourth-order valence-corrected chi connectivity index (χ4v) is 1.16. The summed E-state index contributed by atoms with van der Waals surface area (Å²) >= 11 is 0. The van der Waals surface area contributed by atoms with Gasteiger partial charge in [-0.25, -0.2) is 0 Å². The molecule has 12 heavy (non-hydrogen) atoms. The van der Waals surface area contributed by atoms with Crippen LogP contribution in [0.2, 0.25) is 0 Å². The summed E-state index contributed by atoms with van der Waals surface area (Å²) in [6, 6.07) is 7.80. The van der Waals surface area contributed by atoms with Crippen LogP contribution in [-0.2, 0) is 0 Å². The van der Waals surface area contributed by atoms with E-state index in [2.05, 4.69) is 6.58 Å². The van der Waals surface area contributed by atoms with Crippen LogP contribution in [-0.4, -0.2) is 6.54 Å². The smallest absolute Gasteiger partial charge is 0.0425 e. The zero-order chi connectivity index (χ0) is 8.97. The molecule has 0 saturated heterocycles. The van der Waals surface area contributed by atoms with Crippen LogP contribution in [0.15, 0.2) is 30.8 Å². The minimum Gasteiger partial charge on any atom is -0.329 e. The van der Waals surface area contributed by atoms with Crippen LogP contribution in [0.25, 0.3) is 6.08 Å². The first-order valence-electron chi connectivity index (χ1n) is 3.96. The number of rotatable bonds is 3. The van der Waals surface area contributed by atoms with Gasteiger partial charge in [-0.3, -0.25) is 0 Å². The average molecular weight is 162 g/mol. The molecule has 0 saturated carbocycles. The van der Waals surface area contributed by atoms with Gasteiger partial charge < -0.3 is 11.5 Å². The van der Waals surface area contributed by atoms with Gasteiger partial charge in [-0.05, 0) is 11.1 Å². The fraction of sp³-hybridized carbons (Fsp3) is 0.200. The summed E-state index contributed by atoms with van der Waals surface area (Å²) in [5.74, 6) is 0. The third kappa shape index (κ3) is 1.72. The zero-order valence-corrected chi connectivity index (χ0v) is 7.03. The first-order valence-corrected chi connectivity index (χ1v) is 3.96. The van der Waals surface area contributed by atoms with E-state index in [1.54, 1.807) is 6.08 Å². The highest BCUT2D eigenvalue weighted by Gasteiger charge is 2.05.